The van der Waals surface area contributed by atoms with E-state index in [1.807, 2.05) is 0 Å². The highest BCUT2D eigenvalue weighted by atomic mass is 35.5. The first kappa shape index (κ1) is 13.6. The Kier molecular flexibility index (Phi) is 3.61. The fourth-order valence-electron chi connectivity index (χ4n) is 1.50. The minimum absolute atomic E-state index is 0.0456. The number of hydrogen-bond acceptors (Lipinski definition) is 3. The lowest BCUT2D eigenvalue weighted by molar-refractivity contribution is 0.0844. The van der Waals surface area contributed by atoms with Gasteiger partial charge < -0.3 is 4.74 Å². The molecule has 0 aliphatic rings. The van der Waals surface area contributed by atoms with Crippen molar-refractivity contribution in [3.63, 3.8) is 0 Å². The number of methoxy groups -OCH3 is 1. The van der Waals surface area contributed by atoms with Gasteiger partial charge in [-0.25, -0.2) is 14.4 Å². The Hall–Kier alpha value is -1.82. The quantitative estimate of drug-likeness (QED) is 0.810. The fourth-order valence-corrected chi connectivity index (χ4v) is 1.60. The van der Waals surface area contributed by atoms with Gasteiger partial charge in [0.15, 0.2) is 11.6 Å². The molecular weight excluding hydrogens is 281 g/mol. The van der Waals surface area contributed by atoms with Gasteiger partial charge in [0, 0.05) is 23.5 Å². The third kappa shape index (κ3) is 2.78. The van der Waals surface area contributed by atoms with Gasteiger partial charge in [-0.3, -0.25) is 0 Å². The van der Waals surface area contributed by atoms with Crippen molar-refractivity contribution in [2.45, 2.75) is 5.38 Å². The predicted octanol–water partition coefficient (Wildman–Crippen LogP) is 3.58. The smallest absolute Gasteiger partial charge is 0.381 e. The highest BCUT2D eigenvalue weighted by molar-refractivity contribution is 6.21. The zero-order valence-electron chi connectivity index (χ0n) is 9.70. The topological polar surface area (TPSA) is 35.0 Å². The first-order valence-corrected chi connectivity index (χ1v) is 5.53. The normalized spacial score (nSPS) is 11.4. The standard InChI is InChI=1S/C12H8ClF3N2O/c1-19-9-4-2-3-8(10(9)14)7-5-17-11(18-6-7)12(13,15)16/h2-6H,1H3. The van der Waals surface area contributed by atoms with Crippen LogP contribution in [0.5, 0.6) is 5.75 Å². The predicted molar refractivity (Wildman–Crippen MR) is 63.7 cm³/mol. The average molecular weight is 289 g/mol. The summed E-state index contributed by atoms with van der Waals surface area (Å²) >= 11 is 4.78. The molecule has 0 aliphatic heterocycles. The van der Waals surface area contributed by atoms with E-state index in [1.165, 1.54) is 19.2 Å². The van der Waals surface area contributed by atoms with Crippen molar-refractivity contribution in [1.82, 2.24) is 9.97 Å². The molecule has 0 atom stereocenters. The van der Waals surface area contributed by atoms with Crippen molar-refractivity contribution in [2.75, 3.05) is 7.11 Å². The fraction of sp³-hybridized carbons (Fsp3) is 0.167. The maximum atomic E-state index is 13.9. The van der Waals surface area contributed by atoms with E-state index >= 15 is 0 Å². The number of nitrogens with zero attached hydrogens (tertiary/aromatic N) is 2. The SMILES string of the molecule is COc1cccc(-c2cnc(C(F)(F)Cl)nc2)c1F. The van der Waals surface area contributed by atoms with Gasteiger partial charge >= 0.3 is 5.38 Å². The summed E-state index contributed by atoms with van der Waals surface area (Å²) in [6.45, 7) is 0. The van der Waals surface area contributed by atoms with Crippen LogP contribution < -0.4 is 4.74 Å². The Bertz CT molecular complexity index is 585. The summed E-state index contributed by atoms with van der Waals surface area (Å²) in [4.78, 5) is 6.84. The average Bonchev–Trinajstić information content (AvgIpc) is 2.38. The van der Waals surface area contributed by atoms with Crippen molar-refractivity contribution < 1.29 is 17.9 Å². The van der Waals surface area contributed by atoms with Gasteiger partial charge in [-0.15, -0.1) is 0 Å². The summed E-state index contributed by atoms with van der Waals surface area (Å²) in [7, 11) is 1.33. The molecule has 3 nitrogen and oxygen atoms in total. The maximum absolute atomic E-state index is 13.9. The minimum Gasteiger partial charge on any atom is -0.494 e. The molecule has 2 aromatic rings. The number of rotatable bonds is 3. The summed E-state index contributed by atoms with van der Waals surface area (Å²) in [6.07, 6.45) is 2.16. The van der Waals surface area contributed by atoms with Crippen LogP contribution in [0.15, 0.2) is 30.6 Å². The minimum atomic E-state index is -3.65. The van der Waals surface area contributed by atoms with Crippen molar-refractivity contribution in [3.8, 4) is 16.9 Å². The lowest BCUT2D eigenvalue weighted by Crippen LogP contribution is -2.09. The molecule has 19 heavy (non-hydrogen) atoms. The third-order valence-corrected chi connectivity index (χ3v) is 2.57. The van der Waals surface area contributed by atoms with Gasteiger partial charge in [-0.2, -0.15) is 8.78 Å². The molecule has 2 rings (SSSR count). The Morgan fingerprint density at radius 2 is 1.84 bits per heavy atom. The van der Waals surface area contributed by atoms with Gasteiger partial charge in [0.2, 0.25) is 5.82 Å². The summed E-state index contributed by atoms with van der Waals surface area (Å²) in [5.41, 5.74) is 0.407. The number of benzene rings is 1. The number of alkyl halides is 3. The molecule has 0 saturated heterocycles. The molecule has 0 amide bonds. The van der Waals surface area contributed by atoms with Gasteiger partial charge in [0.25, 0.3) is 0 Å². The largest absolute Gasteiger partial charge is 0.494 e. The molecule has 0 N–H and O–H groups in total. The summed E-state index contributed by atoms with van der Waals surface area (Å²) < 4.78 is 44.2. The van der Waals surface area contributed by atoms with Crippen LogP contribution >= 0.6 is 11.6 Å². The maximum Gasteiger partial charge on any atom is 0.381 e. The van der Waals surface area contributed by atoms with Crippen molar-refractivity contribution in [2.24, 2.45) is 0 Å². The third-order valence-electron chi connectivity index (χ3n) is 2.40. The first-order valence-electron chi connectivity index (χ1n) is 5.15. The van der Waals surface area contributed by atoms with E-state index in [4.69, 9.17) is 16.3 Å². The summed E-state index contributed by atoms with van der Waals surface area (Å²) in [5, 5.41) is -3.65. The zero-order valence-corrected chi connectivity index (χ0v) is 10.5. The van der Waals surface area contributed by atoms with E-state index < -0.39 is 17.0 Å². The van der Waals surface area contributed by atoms with Crippen LogP contribution in [0.25, 0.3) is 11.1 Å². The molecule has 0 bridgehead atoms. The van der Waals surface area contributed by atoms with E-state index in [0.717, 1.165) is 12.4 Å². The Morgan fingerprint density at radius 1 is 1.21 bits per heavy atom. The molecule has 100 valence electrons. The van der Waals surface area contributed by atoms with Crippen LogP contribution in [-0.2, 0) is 5.38 Å². The number of halogens is 4. The van der Waals surface area contributed by atoms with Crippen LogP contribution in [0.4, 0.5) is 13.2 Å². The van der Waals surface area contributed by atoms with Crippen LogP contribution in [-0.4, -0.2) is 17.1 Å². The Morgan fingerprint density at radius 3 is 2.37 bits per heavy atom. The highest BCUT2D eigenvalue weighted by Gasteiger charge is 2.31. The van der Waals surface area contributed by atoms with Crippen LogP contribution in [0.2, 0.25) is 0 Å². The molecule has 7 heteroatoms. The van der Waals surface area contributed by atoms with Crippen molar-refractivity contribution in [3.05, 3.63) is 42.2 Å². The lowest BCUT2D eigenvalue weighted by atomic mass is 10.1. The number of hydrogen-bond donors (Lipinski definition) is 0. The van der Waals surface area contributed by atoms with Crippen molar-refractivity contribution >= 4 is 11.6 Å². The van der Waals surface area contributed by atoms with E-state index in [-0.39, 0.29) is 16.9 Å². The Labute approximate surface area is 112 Å². The molecule has 0 spiro atoms. The summed E-state index contributed by atoms with van der Waals surface area (Å²) in [6, 6.07) is 4.48. The van der Waals surface area contributed by atoms with Crippen LogP contribution in [0.3, 0.4) is 0 Å². The van der Waals surface area contributed by atoms with E-state index in [0.29, 0.717) is 0 Å². The second-order valence-electron chi connectivity index (χ2n) is 3.61. The highest BCUT2D eigenvalue weighted by Crippen LogP contribution is 2.31. The molecule has 1 aromatic heterocycles. The monoisotopic (exact) mass is 288 g/mol. The molecule has 0 fully saturated rings. The number of ether oxygens (including phenoxy) is 1. The van der Waals surface area contributed by atoms with E-state index in [2.05, 4.69) is 9.97 Å². The molecule has 1 aromatic carbocycles. The Balaban J connectivity index is 2.43. The molecule has 0 aliphatic carbocycles. The molecule has 1 heterocycles. The molecular formula is C12H8ClF3N2O. The number of aromatic nitrogens is 2. The van der Waals surface area contributed by atoms with Crippen LogP contribution in [0, 0.1) is 5.82 Å². The summed E-state index contributed by atoms with van der Waals surface area (Å²) in [5.74, 6) is -1.40. The van der Waals surface area contributed by atoms with Gasteiger partial charge in [-0.1, -0.05) is 12.1 Å². The van der Waals surface area contributed by atoms with Gasteiger partial charge in [0.1, 0.15) is 0 Å². The molecule has 0 saturated carbocycles. The first-order chi connectivity index (χ1) is 8.93. The van der Waals surface area contributed by atoms with E-state index in [9.17, 15) is 13.2 Å². The second-order valence-corrected chi connectivity index (χ2v) is 4.09. The zero-order chi connectivity index (χ0) is 14.0. The molecule has 0 unspecified atom stereocenters. The van der Waals surface area contributed by atoms with Gasteiger partial charge in [-0.05, 0) is 17.7 Å². The van der Waals surface area contributed by atoms with Crippen molar-refractivity contribution in [1.29, 1.82) is 0 Å². The van der Waals surface area contributed by atoms with Gasteiger partial charge in [0.05, 0.1) is 7.11 Å². The van der Waals surface area contributed by atoms with Crippen LogP contribution in [0.1, 0.15) is 5.82 Å². The lowest BCUT2D eigenvalue weighted by Gasteiger charge is -2.09. The second kappa shape index (κ2) is 5.05. The van der Waals surface area contributed by atoms with E-state index in [1.54, 1.807) is 6.07 Å². The molecule has 0 radical (unpaired) electrons.